The molecule has 0 radical (unpaired) electrons. The van der Waals surface area contributed by atoms with Gasteiger partial charge in [0, 0.05) is 10.8 Å². The molecular formula is C34H31NO4. The highest BCUT2D eigenvalue weighted by atomic mass is 16.5. The number of esters is 2. The Bertz CT molecular complexity index is 1590. The van der Waals surface area contributed by atoms with Gasteiger partial charge in [0.15, 0.2) is 0 Å². The number of carbonyl (C=O) groups is 2. The molecule has 0 amide bonds. The zero-order chi connectivity index (χ0) is 27.7. The van der Waals surface area contributed by atoms with Crippen LogP contribution in [-0.2, 0) is 14.9 Å². The number of fused-ring (bicyclic) bond motifs is 2. The minimum Gasteiger partial charge on any atom is -0.465 e. The lowest BCUT2D eigenvalue weighted by Gasteiger charge is -2.32. The van der Waals surface area contributed by atoms with Crippen LogP contribution in [0.5, 0.6) is 0 Å². The fourth-order valence-electron chi connectivity index (χ4n) is 5.02. The lowest BCUT2D eigenvalue weighted by Crippen LogP contribution is -2.22. The van der Waals surface area contributed by atoms with Crippen LogP contribution < -0.4 is 4.90 Å². The lowest BCUT2D eigenvalue weighted by atomic mass is 9.84. The van der Waals surface area contributed by atoms with Crippen molar-refractivity contribution in [2.24, 2.45) is 0 Å². The van der Waals surface area contributed by atoms with E-state index in [1.165, 1.54) is 14.2 Å². The van der Waals surface area contributed by atoms with Crippen molar-refractivity contribution in [3.63, 3.8) is 0 Å². The minimum atomic E-state index is -0.535. The standard InChI is InChI=1S/C34H31NO4/c1-34(2,3)24-20-27(32(36)38-4)31(28(21-24)33(37)39-5)35(29-18-10-14-22-12-6-8-16-25(22)29)30-19-11-15-23-13-7-9-17-26(23)30/h6-21H,1-5H3. The Morgan fingerprint density at radius 2 is 1.03 bits per heavy atom. The number of anilines is 3. The van der Waals surface area contributed by atoms with Crippen molar-refractivity contribution in [2.45, 2.75) is 26.2 Å². The summed E-state index contributed by atoms with van der Waals surface area (Å²) in [6.07, 6.45) is 0. The molecule has 5 nitrogen and oxygen atoms in total. The van der Waals surface area contributed by atoms with Gasteiger partial charge in [-0.1, -0.05) is 93.6 Å². The van der Waals surface area contributed by atoms with E-state index in [4.69, 9.17) is 9.47 Å². The van der Waals surface area contributed by atoms with Crippen LogP contribution in [0.2, 0.25) is 0 Å². The van der Waals surface area contributed by atoms with Crippen molar-refractivity contribution >= 4 is 50.5 Å². The van der Waals surface area contributed by atoms with E-state index in [1.54, 1.807) is 0 Å². The predicted octanol–water partition coefficient (Wildman–Crippen LogP) is 8.33. The van der Waals surface area contributed by atoms with Crippen molar-refractivity contribution in [2.75, 3.05) is 19.1 Å². The zero-order valence-corrected chi connectivity index (χ0v) is 22.8. The zero-order valence-electron chi connectivity index (χ0n) is 22.8. The Balaban J connectivity index is 1.99. The molecule has 5 heteroatoms. The topological polar surface area (TPSA) is 55.8 Å². The van der Waals surface area contributed by atoms with Crippen molar-refractivity contribution in [3.8, 4) is 0 Å². The maximum atomic E-state index is 13.5. The number of ether oxygens (including phenoxy) is 2. The first-order chi connectivity index (χ1) is 18.7. The highest BCUT2D eigenvalue weighted by molar-refractivity contribution is 6.12. The Kier molecular flexibility index (Phi) is 6.83. The third-order valence-electron chi connectivity index (χ3n) is 7.03. The van der Waals surface area contributed by atoms with Crippen LogP contribution in [0.1, 0.15) is 47.1 Å². The third kappa shape index (κ3) is 4.72. The summed E-state index contributed by atoms with van der Waals surface area (Å²) >= 11 is 0. The summed E-state index contributed by atoms with van der Waals surface area (Å²) in [5, 5.41) is 4.01. The fourth-order valence-corrected chi connectivity index (χ4v) is 5.02. The van der Waals surface area contributed by atoms with Gasteiger partial charge in [-0.2, -0.15) is 0 Å². The summed E-state index contributed by atoms with van der Waals surface area (Å²) in [5.41, 5.74) is 3.11. The SMILES string of the molecule is COC(=O)c1cc(C(C)(C)C)cc(C(=O)OC)c1N(c1cccc2ccccc12)c1cccc2ccccc12. The molecule has 5 rings (SSSR count). The van der Waals surface area contributed by atoms with Gasteiger partial charge in [0.2, 0.25) is 0 Å². The smallest absolute Gasteiger partial charge is 0.340 e. The molecule has 0 atom stereocenters. The molecule has 196 valence electrons. The Hall–Kier alpha value is -4.64. The van der Waals surface area contributed by atoms with Crippen LogP contribution in [0.15, 0.2) is 97.1 Å². The summed E-state index contributed by atoms with van der Waals surface area (Å²) in [7, 11) is 2.71. The van der Waals surface area contributed by atoms with Gasteiger partial charge in [-0.25, -0.2) is 9.59 Å². The van der Waals surface area contributed by atoms with Crippen LogP contribution in [0, 0.1) is 0 Å². The van der Waals surface area contributed by atoms with Crippen LogP contribution in [0.25, 0.3) is 21.5 Å². The number of nitrogens with zero attached hydrogens (tertiary/aromatic N) is 1. The number of carbonyl (C=O) groups excluding carboxylic acids is 2. The van der Waals surface area contributed by atoms with Crippen LogP contribution >= 0.6 is 0 Å². The lowest BCUT2D eigenvalue weighted by molar-refractivity contribution is 0.0601. The van der Waals surface area contributed by atoms with Gasteiger partial charge in [0.05, 0.1) is 42.4 Å². The van der Waals surface area contributed by atoms with Gasteiger partial charge in [-0.15, -0.1) is 0 Å². The van der Waals surface area contributed by atoms with Crippen LogP contribution in [-0.4, -0.2) is 26.2 Å². The largest absolute Gasteiger partial charge is 0.465 e. The van der Waals surface area contributed by atoms with Gasteiger partial charge < -0.3 is 14.4 Å². The van der Waals surface area contributed by atoms with Gasteiger partial charge in [0.25, 0.3) is 0 Å². The van der Waals surface area contributed by atoms with Crippen LogP contribution in [0.4, 0.5) is 17.1 Å². The van der Waals surface area contributed by atoms with E-state index >= 15 is 0 Å². The van der Waals surface area contributed by atoms with Gasteiger partial charge >= 0.3 is 11.9 Å². The van der Waals surface area contributed by atoms with Gasteiger partial charge in [0.1, 0.15) is 0 Å². The van der Waals surface area contributed by atoms with E-state index in [0.717, 1.165) is 38.5 Å². The molecule has 0 aliphatic rings. The maximum Gasteiger partial charge on any atom is 0.340 e. The summed E-state index contributed by atoms with van der Waals surface area (Å²) in [4.78, 5) is 28.9. The molecule has 0 aliphatic carbocycles. The number of methoxy groups -OCH3 is 2. The maximum absolute atomic E-state index is 13.5. The number of rotatable bonds is 5. The van der Waals surface area contributed by atoms with E-state index in [9.17, 15) is 9.59 Å². The molecule has 5 aromatic carbocycles. The Morgan fingerprint density at radius 3 is 1.44 bits per heavy atom. The summed E-state index contributed by atoms with van der Waals surface area (Å²) in [5.74, 6) is -1.07. The van der Waals surface area contributed by atoms with Crippen molar-refractivity contribution < 1.29 is 19.1 Å². The first-order valence-electron chi connectivity index (χ1n) is 12.9. The molecule has 0 bridgehead atoms. The quantitative estimate of drug-likeness (QED) is 0.219. The van der Waals surface area contributed by atoms with E-state index in [1.807, 2.05) is 123 Å². The van der Waals surface area contributed by atoms with Crippen molar-refractivity contribution in [3.05, 3.63) is 114 Å². The molecule has 0 spiro atoms. The average Bonchev–Trinajstić information content (AvgIpc) is 2.96. The molecular weight excluding hydrogens is 486 g/mol. The second-order valence-corrected chi connectivity index (χ2v) is 10.5. The molecule has 0 fully saturated rings. The number of benzene rings is 5. The van der Waals surface area contributed by atoms with Crippen molar-refractivity contribution in [1.29, 1.82) is 0 Å². The second kappa shape index (κ2) is 10.3. The van der Waals surface area contributed by atoms with Crippen LogP contribution in [0.3, 0.4) is 0 Å². The van der Waals surface area contributed by atoms with E-state index in [2.05, 4.69) is 0 Å². The predicted molar refractivity (Wildman–Crippen MR) is 158 cm³/mol. The fraction of sp³-hybridized carbons (Fsp3) is 0.176. The summed E-state index contributed by atoms with van der Waals surface area (Å²) in [6, 6.07) is 31.9. The molecule has 0 heterocycles. The number of hydrogen-bond acceptors (Lipinski definition) is 5. The molecule has 0 aromatic heterocycles. The summed E-state index contributed by atoms with van der Waals surface area (Å²) in [6.45, 7) is 6.12. The van der Waals surface area contributed by atoms with E-state index < -0.39 is 11.9 Å². The second-order valence-electron chi connectivity index (χ2n) is 10.5. The molecule has 0 aliphatic heterocycles. The first-order valence-corrected chi connectivity index (χ1v) is 12.9. The normalized spacial score (nSPS) is 11.4. The molecule has 0 unspecified atom stereocenters. The molecule has 0 saturated carbocycles. The number of hydrogen-bond donors (Lipinski definition) is 0. The highest BCUT2D eigenvalue weighted by Crippen LogP contribution is 2.46. The van der Waals surface area contributed by atoms with Crippen molar-refractivity contribution in [1.82, 2.24) is 0 Å². The van der Waals surface area contributed by atoms with Gasteiger partial charge in [-0.3, -0.25) is 0 Å². The minimum absolute atomic E-state index is 0.284. The van der Waals surface area contributed by atoms with E-state index in [0.29, 0.717) is 5.69 Å². The Labute approximate surface area is 228 Å². The monoisotopic (exact) mass is 517 g/mol. The highest BCUT2D eigenvalue weighted by Gasteiger charge is 2.31. The Morgan fingerprint density at radius 1 is 0.615 bits per heavy atom. The molecule has 0 N–H and O–H groups in total. The van der Waals surface area contributed by atoms with Gasteiger partial charge in [-0.05, 0) is 46.0 Å². The molecule has 5 aromatic rings. The first kappa shape index (κ1) is 26.0. The third-order valence-corrected chi connectivity index (χ3v) is 7.03. The average molecular weight is 518 g/mol. The van der Waals surface area contributed by atoms with E-state index in [-0.39, 0.29) is 16.5 Å². The molecule has 0 saturated heterocycles. The summed E-state index contributed by atoms with van der Waals surface area (Å²) < 4.78 is 10.6. The molecule has 39 heavy (non-hydrogen) atoms.